The van der Waals surface area contributed by atoms with Crippen LogP contribution >= 0.6 is 0 Å². The van der Waals surface area contributed by atoms with Crippen molar-refractivity contribution in [1.82, 2.24) is 25.1 Å². The molecule has 3 saturated heterocycles. The van der Waals surface area contributed by atoms with Gasteiger partial charge in [0.2, 0.25) is 5.95 Å². The molecule has 3 N–H and O–H groups in total. The first-order valence-electron chi connectivity index (χ1n) is 11.5. The number of aryl methyl sites for hydroxylation is 1. The van der Waals surface area contributed by atoms with E-state index >= 15 is 0 Å². The summed E-state index contributed by atoms with van der Waals surface area (Å²) in [6.45, 7) is 2.70. The molecule has 10 heteroatoms. The molecule has 0 saturated carbocycles. The number of aromatic amines is 1. The van der Waals surface area contributed by atoms with E-state index in [0.717, 1.165) is 62.9 Å². The molecule has 4 atom stereocenters. The molecule has 3 fully saturated rings. The van der Waals surface area contributed by atoms with E-state index in [1.54, 1.807) is 4.90 Å². The van der Waals surface area contributed by atoms with Gasteiger partial charge in [0.15, 0.2) is 5.82 Å². The number of hydrogen-bond acceptors (Lipinski definition) is 7. The molecule has 3 aliphatic rings. The zero-order chi connectivity index (χ0) is 22.2. The molecule has 1 amide bonds. The minimum atomic E-state index is -0.793. The van der Waals surface area contributed by atoms with Crippen molar-refractivity contribution in [3.8, 4) is 0 Å². The molecule has 2 unspecified atom stereocenters. The maximum absolute atomic E-state index is 11.8. The Balaban J connectivity index is 1.41. The second kappa shape index (κ2) is 8.57. The standard InChI is InChI=1S/C22H31N7O3/c1-13-9-20(27-26-13)24-19-12-17(18-7-4-8-32-18)23-21(25-19)28(2)16-10-14-5-3-6-15(11-16)29(14)22(30)31/h9,12,14-16,18H,3-8,10-11H2,1-2H3,(H,30,31)(H2,23,24,25,26,27)/t14-,15+,16?,18?. The number of rotatable bonds is 5. The highest BCUT2D eigenvalue weighted by molar-refractivity contribution is 5.66. The first kappa shape index (κ1) is 21.0. The van der Waals surface area contributed by atoms with Crippen LogP contribution in [0.5, 0.6) is 0 Å². The third-order valence-electron chi connectivity index (χ3n) is 6.99. The molecular formula is C22H31N7O3. The van der Waals surface area contributed by atoms with E-state index in [1.165, 1.54) is 0 Å². The summed E-state index contributed by atoms with van der Waals surface area (Å²) in [5.41, 5.74) is 1.84. The highest BCUT2D eigenvalue weighted by atomic mass is 16.5. The van der Waals surface area contributed by atoms with E-state index < -0.39 is 6.09 Å². The van der Waals surface area contributed by atoms with Crippen LogP contribution in [0.25, 0.3) is 0 Å². The molecule has 3 aliphatic heterocycles. The van der Waals surface area contributed by atoms with Crippen molar-refractivity contribution in [1.29, 1.82) is 0 Å². The molecule has 10 nitrogen and oxygen atoms in total. The van der Waals surface area contributed by atoms with Crippen LogP contribution < -0.4 is 10.2 Å². The first-order valence-corrected chi connectivity index (χ1v) is 11.5. The van der Waals surface area contributed by atoms with E-state index in [-0.39, 0.29) is 24.2 Å². The van der Waals surface area contributed by atoms with Gasteiger partial charge in [0.05, 0.1) is 11.8 Å². The van der Waals surface area contributed by atoms with Gasteiger partial charge in [0, 0.05) is 49.6 Å². The Morgan fingerprint density at radius 1 is 1.19 bits per heavy atom. The Hall–Kier alpha value is -2.88. The number of nitrogens with one attached hydrogen (secondary N) is 2. The lowest BCUT2D eigenvalue weighted by atomic mass is 9.81. The van der Waals surface area contributed by atoms with E-state index in [0.29, 0.717) is 17.6 Å². The van der Waals surface area contributed by atoms with Crippen LogP contribution in [0, 0.1) is 6.92 Å². The van der Waals surface area contributed by atoms with E-state index in [4.69, 9.17) is 14.7 Å². The smallest absolute Gasteiger partial charge is 0.407 e. The number of aromatic nitrogens is 4. The monoisotopic (exact) mass is 441 g/mol. The number of anilines is 3. The highest BCUT2D eigenvalue weighted by Gasteiger charge is 2.42. The van der Waals surface area contributed by atoms with Gasteiger partial charge >= 0.3 is 6.09 Å². The Bertz CT molecular complexity index is 960. The molecule has 32 heavy (non-hydrogen) atoms. The van der Waals surface area contributed by atoms with Gasteiger partial charge < -0.3 is 25.0 Å². The van der Waals surface area contributed by atoms with Crippen molar-refractivity contribution < 1.29 is 14.6 Å². The summed E-state index contributed by atoms with van der Waals surface area (Å²) in [4.78, 5) is 25.3. The lowest BCUT2D eigenvalue weighted by Crippen LogP contribution is -2.58. The van der Waals surface area contributed by atoms with Gasteiger partial charge in [0.25, 0.3) is 0 Å². The maximum atomic E-state index is 11.8. The summed E-state index contributed by atoms with van der Waals surface area (Å²) in [5, 5.41) is 20.2. The van der Waals surface area contributed by atoms with Crippen LogP contribution in [-0.4, -0.2) is 68.0 Å². The highest BCUT2D eigenvalue weighted by Crippen LogP contribution is 2.37. The fourth-order valence-corrected chi connectivity index (χ4v) is 5.41. The third kappa shape index (κ3) is 4.11. The predicted molar refractivity (Wildman–Crippen MR) is 119 cm³/mol. The fourth-order valence-electron chi connectivity index (χ4n) is 5.41. The van der Waals surface area contributed by atoms with Crippen LogP contribution in [0.3, 0.4) is 0 Å². The predicted octanol–water partition coefficient (Wildman–Crippen LogP) is 3.60. The average molecular weight is 442 g/mol. The Morgan fingerprint density at radius 2 is 1.97 bits per heavy atom. The fraction of sp³-hybridized carbons (Fsp3) is 0.636. The lowest BCUT2D eigenvalue weighted by molar-refractivity contribution is 0.0351. The van der Waals surface area contributed by atoms with Gasteiger partial charge in [-0.15, -0.1) is 0 Å². The zero-order valence-corrected chi connectivity index (χ0v) is 18.6. The van der Waals surface area contributed by atoms with Gasteiger partial charge in [-0.05, 0) is 51.9 Å². The van der Waals surface area contributed by atoms with Gasteiger partial charge in [-0.3, -0.25) is 5.10 Å². The SMILES string of the molecule is Cc1cc(Nc2cc(C3CCCO3)nc(N(C)C3C[C@H]4CCC[C@@H](C3)N4C(=O)O)n2)n[nH]1. The molecule has 0 radical (unpaired) electrons. The molecule has 0 aliphatic carbocycles. The Morgan fingerprint density at radius 3 is 2.59 bits per heavy atom. The maximum Gasteiger partial charge on any atom is 0.407 e. The van der Waals surface area contributed by atoms with E-state index in [9.17, 15) is 9.90 Å². The van der Waals surface area contributed by atoms with E-state index in [2.05, 4.69) is 20.4 Å². The van der Waals surface area contributed by atoms with Crippen LogP contribution in [0.1, 0.15) is 62.4 Å². The second-order valence-corrected chi connectivity index (χ2v) is 9.21. The quantitative estimate of drug-likeness (QED) is 0.644. The number of ether oxygens (including phenoxy) is 1. The van der Waals surface area contributed by atoms with Crippen LogP contribution in [0.4, 0.5) is 22.4 Å². The number of nitrogens with zero attached hydrogens (tertiary/aromatic N) is 5. The number of piperidine rings is 2. The molecule has 2 aromatic rings. The average Bonchev–Trinajstić information content (AvgIpc) is 3.44. The van der Waals surface area contributed by atoms with Crippen LogP contribution in [-0.2, 0) is 4.74 Å². The first-order chi connectivity index (χ1) is 15.5. The number of carbonyl (C=O) groups is 1. The van der Waals surface area contributed by atoms with Gasteiger partial charge in [0.1, 0.15) is 5.82 Å². The summed E-state index contributed by atoms with van der Waals surface area (Å²) in [5.74, 6) is 2.03. The van der Waals surface area contributed by atoms with Gasteiger partial charge in [-0.2, -0.15) is 10.1 Å². The largest absolute Gasteiger partial charge is 0.465 e. The topological polar surface area (TPSA) is 120 Å². The molecular weight excluding hydrogens is 410 g/mol. The zero-order valence-electron chi connectivity index (χ0n) is 18.6. The van der Waals surface area contributed by atoms with Crippen molar-refractivity contribution in [2.75, 3.05) is 23.9 Å². The summed E-state index contributed by atoms with van der Waals surface area (Å²) >= 11 is 0. The second-order valence-electron chi connectivity index (χ2n) is 9.21. The molecule has 5 rings (SSSR count). The van der Waals surface area contributed by atoms with Crippen molar-refractivity contribution >= 4 is 23.7 Å². The van der Waals surface area contributed by atoms with Crippen LogP contribution in [0.2, 0.25) is 0 Å². The van der Waals surface area contributed by atoms with Crippen molar-refractivity contribution in [3.63, 3.8) is 0 Å². The third-order valence-corrected chi connectivity index (χ3v) is 6.99. The molecule has 5 heterocycles. The summed E-state index contributed by atoms with van der Waals surface area (Å²) < 4.78 is 5.90. The summed E-state index contributed by atoms with van der Waals surface area (Å²) in [7, 11) is 2.02. The van der Waals surface area contributed by atoms with Gasteiger partial charge in [-0.25, -0.2) is 9.78 Å². The Labute approximate surface area is 187 Å². The molecule has 172 valence electrons. The number of fused-ring (bicyclic) bond motifs is 2. The normalized spacial score (nSPS) is 27.4. The van der Waals surface area contributed by atoms with Crippen molar-refractivity contribution in [3.05, 3.63) is 23.5 Å². The number of H-pyrrole nitrogens is 1. The van der Waals surface area contributed by atoms with Crippen LogP contribution in [0.15, 0.2) is 12.1 Å². The Kier molecular flexibility index (Phi) is 5.62. The number of amides is 1. The van der Waals surface area contributed by atoms with Gasteiger partial charge in [-0.1, -0.05) is 0 Å². The van der Waals surface area contributed by atoms with E-state index in [1.807, 2.05) is 26.1 Å². The molecule has 0 aromatic carbocycles. The molecule has 2 aromatic heterocycles. The molecule has 0 spiro atoms. The molecule has 2 bridgehead atoms. The van der Waals surface area contributed by atoms with Crippen molar-refractivity contribution in [2.45, 2.75) is 76.1 Å². The number of hydrogen-bond donors (Lipinski definition) is 3. The minimum absolute atomic E-state index is 0.0279. The summed E-state index contributed by atoms with van der Waals surface area (Å²) in [6.07, 6.45) is 5.70. The summed E-state index contributed by atoms with van der Waals surface area (Å²) in [6, 6.07) is 4.21. The minimum Gasteiger partial charge on any atom is -0.465 e. The lowest BCUT2D eigenvalue weighted by Gasteiger charge is -2.49. The number of carboxylic acid groups (broad SMARTS) is 1. The van der Waals surface area contributed by atoms with Crippen molar-refractivity contribution in [2.24, 2.45) is 0 Å².